The van der Waals surface area contributed by atoms with Crippen LogP contribution in [0.3, 0.4) is 0 Å². The quantitative estimate of drug-likeness (QED) is 0.255. The number of aliphatic imine (C=N–C) groups is 1. The molecule has 1 nitrogen and oxygen atoms in total. The maximum absolute atomic E-state index is 4.66. The van der Waals surface area contributed by atoms with Crippen molar-refractivity contribution in [1.29, 1.82) is 0 Å². The largest absolute Gasteiger partial charge is 0.195 e. The van der Waals surface area contributed by atoms with Crippen molar-refractivity contribution in [3.63, 3.8) is 0 Å². The van der Waals surface area contributed by atoms with Crippen LogP contribution < -0.4 is 0 Å². The van der Waals surface area contributed by atoms with Gasteiger partial charge in [0.05, 0.1) is 10.8 Å². The van der Waals surface area contributed by atoms with Gasteiger partial charge < -0.3 is 0 Å². The second-order valence-corrected chi connectivity index (χ2v) is 7.94. The molecule has 1 aliphatic carbocycles. The Morgan fingerprint density at radius 1 is 0.821 bits per heavy atom. The summed E-state index contributed by atoms with van der Waals surface area (Å²) < 4.78 is 0. The minimum atomic E-state index is 0.569. The van der Waals surface area contributed by atoms with Gasteiger partial charge in [0, 0.05) is 11.5 Å². The van der Waals surface area contributed by atoms with E-state index in [1.54, 1.807) is 0 Å². The fraction of sp³-hybridized carbons (Fsp3) is 0.269. The first-order valence-electron chi connectivity index (χ1n) is 9.95. The third-order valence-corrected chi connectivity index (χ3v) is 5.74. The van der Waals surface area contributed by atoms with Crippen LogP contribution in [0.1, 0.15) is 38.2 Å². The molecule has 3 aromatic carbocycles. The van der Waals surface area contributed by atoms with Crippen LogP contribution in [-0.2, 0) is 0 Å². The molecule has 1 saturated carbocycles. The lowest BCUT2D eigenvalue weighted by molar-refractivity contribution is 0.337. The smallest absolute Gasteiger partial charge is 0.0739 e. The lowest BCUT2D eigenvalue weighted by Crippen LogP contribution is -2.10. The number of thiocarbonyl (C=S) groups is 1. The molecular weight excluding hydrogens is 358 g/mol. The molecule has 138 valence electrons. The topological polar surface area (TPSA) is 12.4 Å². The maximum atomic E-state index is 4.66. The van der Waals surface area contributed by atoms with Gasteiger partial charge in [-0.2, -0.15) is 4.99 Å². The van der Waals surface area contributed by atoms with Crippen LogP contribution in [0.15, 0.2) is 65.7 Å². The molecular formula is C26H23NS. The predicted molar refractivity (Wildman–Crippen MR) is 122 cm³/mol. The molecule has 28 heavy (non-hydrogen) atoms. The van der Waals surface area contributed by atoms with E-state index in [0.717, 1.165) is 17.2 Å². The molecule has 0 heterocycles. The molecule has 0 N–H and O–H groups in total. The zero-order chi connectivity index (χ0) is 19.3. The number of nitrogens with zero attached hydrogens (tertiary/aromatic N) is 1. The number of hydrogen-bond donors (Lipinski definition) is 0. The second-order valence-electron chi connectivity index (χ2n) is 7.75. The fourth-order valence-electron chi connectivity index (χ4n) is 3.87. The fourth-order valence-corrected chi connectivity index (χ4v) is 3.98. The summed E-state index contributed by atoms with van der Waals surface area (Å²) in [6.45, 7) is 2.35. The maximum Gasteiger partial charge on any atom is 0.0739 e. The Kier molecular flexibility index (Phi) is 5.68. The van der Waals surface area contributed by atoms with Gasteiger partial charge in [-0.05, 0) is 96.1 Å². The van der Waals surface area contributed by atoms with Gasteiger partial charge in [0.15, 0.2) is 0 Å². The van der Waals surface area contributed by atoms with Gasteiger partial charge in [-0.1, -0.05) is 49.1 Å². The summed E-state index contributed by atoms with van der Waals surface area (Å²) in [4.78, 5) is 4.01. The second kappa shape index (κ2) is 8.53. The third-order valence-electron chi connectivity index (χ3n) is 5.65. The highest BCUT2D eigenvalue weighted by Gasteiger charge is 2.15. The number of isothiocyanates is 1. The summed E-state index contributed by atoms with van der Waals surface area (Å²) in [6, 6.07) is 21.2. The van der Waals surface area contributed by atoms with Crippen molar-refractivity contribution in [2.75, 3.05) is 0 Å². The molecule has 0 amide bonds. The van der Waals surface area contributed by atoms with E-state index in [4.69, 9.17) is 0 Å². The molecule has 0 aliphatic heterocycles. The van der Waals surface area contributed by atoms with Crippen molar-refractivity contribution in [3.05, 3.63) is 66.2 Å². The normalized spacial score (nSPS) is 18.8. The Morgan fingerprint density at radius 3 is 2.25 bits per heavy atom. The summed E-state index contributed by atoms with van der Waals surface area (Å²) in [5, 5.41) is 4.87. The average molecular weight is 382 g/mol. The first-order chi connectivity index (χ1) is 13.7. The van der Waals surface area contributed by atoms with Crippen LogP contribution in [-0.4, -0.2) is 5.16 Å². The molecule has 0 saturated heterocycles. The van der Waals surface area contributed by atoms with E-state index < -0.39 is 0 Å². The van der Waals surface area contributed by atoms with Gasteiger partial charge in [0.2, 0.25) is 0 Å². The Morgan fingerprint density at radius 2 is 1.50 bits per heavy atom. The van der Waals surface area contributed by atoms with Gasteiger partial charge in [0.25, 0.3) is 0 Å². The zero-order valence-corrected chi connectivity index (χ0v) is 16.9. The van der Waals surface area contributed by atoms with Crippen LogP contribution in [0.4, 0.5) is 5.69 Å². The molecule has 2 heteroatoms. The summed E-state index contributed by atoms with van der Waals surface area (Å²) in [5.41, 5.74) is 4.30. The van der Waals surface area contributed by atoms with E-state index in [0.29, 0.717) is 5.92 Å². The lowest BCUT2D eigenvalue weighted by atomic mass is 9.83. The molecule has 1 fully saturated rings. The molecule has 0 unspecified atom stereocenters. The van der Waals surface area contributed by atoms with E-state index >= 15 is 0 Å². The lowest BCUT2D eigenvalue weighted by Gasteiger charge is -2.21. The van der Waals surface area contributed by atoms with E-state index in [9.17, 15) is 0 Å². The molecule has 0 spiro atoms. The minimum absolute atomic E-state index is 0.569. The van der Waals surface area contributed by atoms with Crippen LogP contribution in [0.2, 0.25) is 0 Å². The molecule has 4 rings (SSSR count). The van der Waals surface area contributed by atoms with Crippen LogP contribution in [0.25, 0.3) is 21.9 Å². The summed E-state index contributed by atoms with van der Waals surface area (Å²) >= 11 is 4.66. The van der Waals surface area contributed by atoms with Crippen molar-refractivity contribution >= 4 is 33.8 Å². The van der Waals surface area contributed by atoms with Crippen molar-refractivity contribution in [3.8, 4) is 23.0 Å². The Labute approximate surface area is 172 Å². The monoisotopic (exact) mass is 381 g/mol. The molecule has 0 aromatic heterocycles. The molecule has 0 radical (unpaired) electrons. The van der Waals surface area contributed by atoms with Crippen molar-refractivity contribution < 1.29 is 0 Å². The Balaban J connectivity index is 1.55. The Hall–Kier alpha value is -2.72. The van der Waals surface area contributed by atoms with Crippen LogP contribution in [0.5, 0.6) is 0 Å². The zero-order valence-electron chi connectivity index (χ0n) is 16.1. The molecule has 0 bridgehead atoms. The van der Waals surface area contributed by atoms with Gasteiger partial charge in [-0.3, -0.25) is 0 Å². The van der Waals surface area contributed by atoms with Crippen molar-refractivity contribution in [1.82, 2.24) is 0 Å². The predicted octanol–water partition coefficient (Wildman–Crippen LogP) is 7.42. The molecule has 0 atom stereocenters. The van der Waals surface area contributed by atoms with E-state index in [1.807, 2.05) is 12.1 Å². The van der Waals surface area contributed by atoms with Gasteiger partial charge in [0.1, 0.15) is 0 Å². The highest BCUT2D eigenvalue weighted by atomic mass is 32.1. The summed E-state index contributed by atoms with van der Waals surface area (Å²) in [7, 11) is 0. The van der Waals surface area contributed by atoms with E-state index in [-0.39, 0.29) is 0 Å². The number of hydrogen-bond acceptors (Lipinski definition) is 2. The standard InChI is InChI=1S/C26H23NS/c1-19-2-4-20(5-3-19)6-7-21-8-9-25-17-24(11-10-23(25)16-21)22-12-14-26(15-13-22)27-18-28/h8-17,19-20H,2-5H2,1H3. The summed E-state index contributed by atoms with van der Waals surface area (Å²) in [5.74, 6) is 8.36. The van der Waals surface area contributed by atoms with Crippen molar-refractivity contribution in [2.24, 2.45) is 16.8 Å². The molecule has 1 aliphatic rings. The average Bonchev–Trinajstić information content (AvgIpc) is 2.74. The first-order valence-corrected chi connectivity index (χ1v) is 10.4. The van der Waals surface area contributed by atoms with Crippen LogP contribution in [0, 0.1) is 23.7 Å². The first kappa shape index (κ1) is 18.6. The van der Waals surface area contributed by atoms with E-state index in [1.165, 1.54) is 47.6 Å². The van der Waals surface area contributed by atoms with Gasteiger partial charge >= 0.3 is 0 Å². The highest BCUT2D eigenvalue weighted by Crippen LogP contribution is 2.29. The van der Waals surface area contributed by atoms with Gasteiger partial charge in [-0.25, -0.2) is 0 Å². The number of rotatable bonds is 2. The van der Waals surface area contributed by atoms with Gasteiger partial charge in [-0.15, -0.1) is 0 Å². The minimum Gasteiger partial charge on any atom is -0.195 e. The highest BCUT2D eigenvalue weighted by molar-refractivity contribution is 7.78. The SMILES string of the molecule is CC1CCC(C#Cc2ccc3cc(-c4ccc(N=C=S)cc4)ccc3c2)CC1. The molecule has 3 aromatic rings. The number of fused-ring (bicyclic) bond motifs is 1. The Bertz CT molecular complexity index is 1090. The number of benzene rings is 3. The van der Waals surface area contributed by atoms with E-state index in [2.05, 4.69) is 89.7 Å². The summed E-state index contributed by atoms with van der Waals surface area (Å²) in [6.07, 6.45) is 5.14. The third kappa shape index (κ3) is 4.39. The van der Waals surface area contributed by atoms with Crippen LogP contribution >= 0.6 is 12.2 Å². The van der Waals surface area contributed by atoms with Crippen molar-refractivity contribution in [2.45, 2.75) is 32.6 Å².